The highest BCUT2D eigenvalue weighted by molar-refractivity contribution is 8.00. The number of hydrogen-bond donors (Lipinski definition) is 1. The monoisotopic (exact) mass is 286 g/mol. The Balaban J connectivity index is 2.51. The number of carbonyl (C=O) groups is 3. The summed E-state index contributed by atoms with van der Waals surface area (Å²) in [6.45, 7) is 6.17. The van der Waals surface area contributed by atoms with Crippen LogP contribution in [-0.4, -0.2) is 46.1 Å². The van der Waals surface area contributed by atoms with Crippen LogP contribution >= 0.6 is 11.8 Å². The molecule has 0 aromatic rings. The van der Waals surface area contributed by atoms with E-state index in [-0.39, 0.29) is 35.2 Å². The van der Waals surface area contributed by atoms with Crippen LogP contribution < -0.4 is 5.73 Å². The number of nitrogens with zero attached hydrogens (tertiary/aromatic N) is 1. The highest BCUT2D eigenvalue weighted by Crippen LogP contribution is 2.26. The summed E-state index contributed by atoms with van der Waals surface area (Å²) in [5, 5.41) is -0.373. The van der Waals surface area contributed by atoms with E-state index in [4.69, 9.17) is 5.73 Å². The average Bonchev–Trinajstić information content (AvgIpc) is 2.62. The second-order valence-corrected chi connectivity index (χ2v) is 6.42. The van der Waals surface area contributed by atoms with Crippen molar-refractivity contribution in [3.63, 3.8) is 0 Å². The molecule has 1 heterocycles. The van der Waals surface area contributed by atoms with E-state index in [0.29, 0.717) is 18.7 Å². The highest BCUT2D eigenvalue weighted by Gasteiger charge is 2.39. The molecule has 1 rings (SSSR count). The minimum Gasteiger partial charge on any atom is -0.321 e. The van der Waals surface area contributed by atoms with Gasteiger partial charge in [-0.25, -0.2) is 0 Å². The van der Waals surface area contributed by atoms with E-state index in [0.717, 1.165) is 0 Å². The fourth-order valence-corrected chi connectivity index (χ4v) is 3.07. The Labute approximate surface area is 118 Å². The van der Waals surface area contributed by atoms with Crippen molar-refractivity contribution in [3.05, 3.63) is 0 Å². The van der Waals surface area contributed by atoms with Crippen LogP contribution in [0.1, 0.15) is 33.6 Å². The number of Topliss-reactive ketones (excluding diaryl/α,β-unsaturated/α-hetero) is 1. The summed E-state index contributed by atoms with van der Waals surface area (Å²) >= 11 is 1.32. The molecule has 2 unspecified atom stereocenters. The van der Waals surface area contributed by atoms with Crippen molar-refractivity contribution in [1.82, 2.24) is 4.90 Å². The van der Waals surface area contributed by atoms with Crippen LogP contribution in [-0.2, 0) is 14.4 Å². The van der Waals surface area contributed by atoms with Crippen molar-refractivity contribution in [2.75, 3.05) is 12.3 Å². The first-order valence-corrected chi connectivity index (χ1v) is 7.65. The standard InChI is InChI=1S/C13H22N2O3S/c1-4-10(16)9(14)7-19-11-5-12(17)15(13(11)18)6-8(2)3/h8-9,11H,4-7,14H2,1-3H3. The lowest BCUT2D eigenvalue weighted by Gasteiger charge is -2.17. The van der Waals surface area contributed by atoms with Crippen LogP contribution in [0, 0.1) is 5.92 Å². The molecular formula is C13H22N2O3S. The maximum Gasteiger partial charge on any atom is 0.242 e. The Hall–Kier alpha value is -0.880. The van der Waals surface area contributed by atoms with Crippen molar-refractivity contribution in [3.8, 4) is 0 Å². The summed E-state index contributed by atoms with van der Waals surface area (Å²) in [5.41, 5.74) is 5.72. The lowest BCUT2D eigenvalue weighted by molar-refractivity contribution is -0.138. The fourth-order valence-electron chi connectivity index (χ4n) is 1.91. The van der Waals surface area contributed by atoms with Crippen LogP contribution in [0.4, 0.5) is 0 Å². The summed E-state index contributed by atoms with van der Waals surface area (Å²) < 4.78 is 0. The molecule has 19 heavy (non-hydrogen) atoms. The lowest BCUT2D eigenvalue weighted by atomic mass is 10.2. The number of hydrogen-bond acceptors (Lipinski definition) is 5. The van der Waals surface area contributed by atoms with E-state index in [2.05, 4.69) is 0 Å². The molecule has 0 bridgehead atoms. The molecule has 108 valence electrons. The Morgan fingerprint density at radius 3 is 2.63 bits per heavy atom. The van der Waals surface area contributed by atoms with E-state index in [1.165, 1.54) is 16.7 Å². The molecule has 6 heteroatoms. The normalized spacial score (nSPS) is 21.3. The molecular weight excluding hydrogens is 264 g/mol. The average molecular weight is 286 g/mol. The van der Waals surface area contributed by atoms with Crippen molar-refractivity contribution in [1.29, 1.82) is 0 Å². The zero-order valence-corrected chi connectivity index (χ0v) is 12.5. The summed E-state index contributed by atoms with van der Waals surface area (Å²) in [6, 6.07) is -0.544. The van der Waals surface area contributed by atoms with Gasteiger partial charge in [0.2, 0.25) is 11.8 Å². The largest absolute Gasteiger partial charge is 0.321 e. The Bertz CT molecular complexity index is 371. The lowest BCUT2D eigenvalue weighted by Crippen LogP contribution is -2.36. The van der Waals surface area contributed by atoms with E-state index in [1.807, 2.05) is 13.8 Å². The van der Waals surface area contributed by atoms with Gasteiger partial charge in [-0.2, -0.15) is 0 Å². The van der Waals surface area contributed by atoms with Crippen molar-refractivity contribution in [2.24, 2.45) is 11.7 Å². The van der Waals surface area contributed by atoms with E-state index < -0.39 is 6.04 Å². The quantitative estimate of drug-likeness (QED) is 0.700. The van der Waals surface area contributed by atoms with E-state index in [1.54, 1.807) is 6.92 Å². The second-order valence-electron chi connectivity index (χ2n) is 5.19. The van der Waals surface area contributed by atoms with Gasteiger partial charge in [0, 0.05) is 25.1 Å². The molecule has 0 aromatic carbocycles. The maximum atomic E-state index is 12.1. The number of imide groups is 1. The number of carbonyl (C=O) groups excluding carboxylic acids is 3. The van der Waals surface area contributed by atoms with Gasteiger partial charge in [-0.3, -0.25) is 19.3 Å². The smallest absolute Gasteiger partial charge is 0.242 e. The van der Waals surface area contributed by atoms with Gasteiger partial charge in [0.25, 0.3) is 0 Å². The third-order valence-corrected chi connectivity index (χ3v) is 4.31. The van der Waals surface area contributed by atoms with Crippen molar-refractivity contribution < 1.29 is 14.4 Å². The molecule has 2 N–H and O–H groups in total. The van der Waals surface area contributed by atoms with Crippen LogP contribution in [0.15, 0.2) is 0 Å². The van der Waals surface area contributed by atoms with Crippen LogP contribution in [0.2, 0.25) is 0 Å². The molecule has 0 radical (unpaired) electrons. The predicted molar refractivity (Wildman–Crippen MR) is 75.7 cm³/mol. The number of rotatable bonds is 7. The van der Waals surface area contributed by atoms with Gasteiger partial charge in [0.15, 0.2) is 0 Å². The minimum atomic E-state index is -0.544. The number of thioether (sulfide) groups is 1. The zero-order chi connectivity index (χ0) is 14.6. The Morgan fingerprint density at radius 2 is 2.11 bits per heavy atom. The van der Waals surface area contributed by atoms with Gasteiger partial charge < -0.3 is 5.73 Å². The molecule has 2 amide bonds. The topological polar surface area (TPSA) is 80.5 Å². The predicted octanol–water partition coefficient (Wildman–Crippen LogP) is 0.809. The molecule has 5 nitrogen and oxygen atoms in total. The van der Waals surface area contributed by atoms with Crippen LogP contribution in [0.3, 0.4) is 0 Å². The fraction of sp³-hybridized carbons (Fsp3) is 0.769. The third-order valence-electron chi connectivity index (χ3n) is 2.99. The van der Waals surface area contributed by atoms with E-state index in [9.17, 15) is 14.4 Å². The number of nitrogens with two attached hydrogens (primary N) is 1. The molecule has 0 aliphatic carbocycles. The first-order valence-electron chi connectivity index (χ1n) is 6.60. The SMILES string of the molecule is CCC(=O)C(N)CSC1CC(=O)N(CC(C)C)C1=O. The summed E-state index contributed by atoms with van der Waals surface area (Å²) in [5.74, 6) is 0.390. The Morgan fingerprint density at radius 1 is 1.47 bits per heavy atom. The summed E-state index contributed by atoms with van der Waals surface area (Å²) in [4.78, 5) is 36.5. The highest BCUT2D eigenvalue weighted by atomic mass is 32.2. The van der Waals surface area contributed by atoms with Gasteiger partial charge in [0.05, 0.1) is 11.3 Å². The van der Waals surface area contributed by atoms with Crippen LogP contribution in [0.25, 0.3) is 0 Å². The molecule has 1 aliphatic heterocycles. The molecule has 1 aliphatic rings. The number of likely N-dealkylation sites (tertiary alicyclic amines) is 1. The van der Waals surface area contributed by atoms with E-state index >= 15 is 0 Å². The molecule has 0 spiro atoms. The number of amides is 2. The first-order chi connectivity index (χ1) is 8.86. The molecule has 1 saturated heterocycles. The summed E-state index contributed by atoms with van der Waals surface area (Å²) in [6.07, 6.45) is 0.627. The van der Waals surface area contributed by atoms with Gasteiger partial charge >= 0.3 is 0 Å². The zero-order valence-electron chi connectivity index (χ0n) is 11.7. The molecule has 1 fully saturated rings. The van der Waals surface area contributed by atoms with Crippen molar-refractivity contribution in [2.45, 2.75) is 44.9 Å². The third kappa shape index (κ3) is 4.31. The maximum absolute atomic E-state index is 12.1. The minimum absolute atomic E-state index is 0.0108. The van der Waals surface area contributed by atoms with Gasteiger partial charge in [0.1, 0.15) is 5.78 Å². The van der Waals surface area contributed by atoms with Gasteiger partial charge in [-0.15, -0.1) is 11.8 Å². The molecule has 0 aromatic heterocycles. The van der Waals surface area contributed by atoms with Gasteiger partial charge in [-0.1, -0.05) is 20.8 Å². The van der Waals surface area contributed by atoms with Gasteiger partial charge in [-0.05, 0) is 5.92 Å². The first kappa shape index (κ1) is 16.2. The van der Waals surface area contributed by atoms with Crippen LogP contribution in [0.5, 0.6) is 0 Å². The summed E-state index contributed by atoms with van der Waals surface area (Å²) in [7, 11) is 0. The molecule has 0 saturated carbocycles. The Kier molecular flexibility index (Phi) is 6.00. The number of ketones is 1. The second kappa shape index (κ2) is 7.05. The molecule has 2 atom stereocenters. The van der Waals surface area contributed by atoms with Crippen molar-refractivity contribution >= 4 is 29.4 Å².